The molecule has 6 heteroatoms. The molecule has 0 aromatic rings. The van der Waals surface area contributed by atoms with Crippen LogP contribution in [-0.2, 0) is 0 Å². The maximum absolute atomic E-state index is 12.7. The highest BCUT2D eigenvalue weighted by atomic mass is 19.1. The topological polar surface area (TPSA) is 101 Å². The van der Waals surface area contributed by atoms with Crippen molar-refractivity contribution in [2.45, 2.75) is 24.5 Å². The third kappa shape index (κ3) is 3.00. The summed E-state index contributed by atoms with van der Waals surface area (Å²) in [7, 11) is 0. The standard InChI is InChI=1S/C6H13FO5/c7-5(3(10)1-8)6(12)4(11)2-9/h3-6,8-12H,1-2H2/t3-,4+,5+,6+/m0/s1. The Morgan fingerprint density at radius 2 is 1.33 bits per heavy atom. The normalized spacial score (nSPS) is 21.5. The fourth-order valence-electron chi connectivity index (χ4n) is 0.649. The third-order valence-corrected chi connectivity index (χ3v) is 1.46. The summed E-state index contributed by atoms with van der Waals surface area (Å²) in [5, 5.41) is 42.8. The van der Waals surface area contributed by atoms with E-state index < -0.39 is 37.7 Å². The van der Waals surface area contributed by atoms with Gasteiger partial charge in [-0.15, -0.1) is 0 Å². The Bertz CT molecular complexity index is 109. The summed E-state index contributed by atoms with van der Waals surface area (Å²) in [6.45, 7) is -1.66. The molecule has 0 aromatic carbocycles. The van der Waals surface area contributed by atoms with Crippen molar-refractivity contribution in [2.75, 3.05) is 13.2 Å². The number of aliphatic hydroxyl groups excluding tert-OH is 5. The number of hydrogen-bond acceptors (Lipinski definition) is 5. The van der Waals surface area contributed by atoms with E-state index in [4.69, 9.17) is 25.5 Å². The molecule has 0 saturated carbocycles. The van der Waals surface area contributed by atoms with Crippen molar-refractivity contribution in [3.05, 3.63) is 0 Å². The lowest BCUT2D eigenvalue weighted by Crippen LogP contribution is -2.44. The molecule has 0 aliphatic heterocycles. The highest BCUT2D eigenvalue weighted by Gasteiger charge is 2.31. The second kappa shape index (κ2) is 5.39. The Labute approximate surface area is 68.7 Å². The van der Waals surface area contributed by atoms with Crippen LogP contribution in [0.4, 0.5) is 4.39 Å². The van der Waals surface area contributed by atoms with Gasteiger partial charge < -0.3 is 25.5 Å². The van der Waals surface area contributed by atoms with E-state index >= 15 is 0 Å². The minimum Gasteiger partial charge on any atom is -0.394 e. The van der Waals surface area contributed by atoms with E-state index in [0.29, 0.717) is 0 Å². The second-order valence-corrected chi connectivity index (χ2v) is 2.43. The van der Waals surface area contributed by atoms with Crippen LogP contribution in [0.1, 0.15) is 0 Å². The zero-order valence-corrected chi connectivity index (χ0v) is 6.34. The van der Waals surface area contributed by atoms with Gasteiger partial charge in [-0.2, -0.15) is 0 Å². The minimum absolute atomic E-state index is 0.806. The SMILES string of the molecule is OC[C@@H](O)[C@@H](O)[C@H](F)[C@@H](O)CO. The number of alkyl halides is 1. The van der Waals surface area contributed by atoms with E-state index in [1.165, 1.54) is 0 Å². The molecule has 0 heterocycles. The molecule has 4 atom stereocenters. The Kier molecular flexibility index (Phi) is 5.27. The van der Waals surface area contributed by atoms with Gasteiger partial charge in [-0.25, -0.2) is 4.39 Å². The van der Waals surface area contributed by atoms with Crippen LogP contribution < -0.4 is 0 Å². The summed E-state index contributed by atoms with van der Waals surface area (Å²) >= 11 is 0. The first kappa shape index (κ1) is 11.7. The van der Waals surface area contributed by atoms with Crippen LogP contribution in [0.5, 0.6) is 0 Å². The molecule has 0 unspecified atom stereocenters. The predicted molar refractivity (Wildman–Crippen MR) is 37.1 cm³/mol. The van der Waals surface area contributed by atoms with E-state index in [0.717, 1.165) is 0 Å². The van der Waals surface area contributed by atoms with Gasteiger partial charge in [0, 0.05) is 0 Å². The van der Waals surface area contributed by atoms with Crippen molar-refractivity contribution in [3.8, 4) is 0 Å². The Morgan fingerprint density at radius 3 is 1.67 bits per heavy atom. The Morgan fingerprint density at radius 1 is 0.917 bits per heavy atom. The average molecular weight is 184 g/mol. The van der Waals surface area contributed by atoms with Crippen molar-refractivity contribution in [1.29, 1.82) is 0 Å². The van der Waals surface area contributed by atoms with Crippen LogP contribution in [0.3, 0.4) is 0 Å². The summed E-state index contributed by atoms with van der Waals surface area (Å²) in [5.74, 6) is 0. The molecule has 0 fully saturated rings. The van der Waals surface area contributed by atoms with Gasteiger partial charge in [0.25, 0.3) is 0 Å². The molecule has 0 spiro atoms. The van der Waals surface area contributed by atoms with E-state index in [1.54, 1.807) is 0 Å². The quantitative estimate of drug-likeness (QED) is 0.322. The smallest absolute Gasteiger partial charge is 0.156 e. The molecule has 0 saturated heterocycles. The highest BCUT2D eigenvalue weighted by Crippen LogP contribution is 2.08. The summed E-state index contributed by atoms with van der Waals surface area (Å²) in [6.07, 6.45) is -7.46. The third-order valence-electron chi connectivity index (χ3n) is 1.46. The van der Waals surface area contributed by atoms with Gasteiger partial charge >= 0.3 is 0 Å². The molecule has 5 N–H and O–H groups in total. The van der Waals surface area contributed by atoms with Crippen LogP contribution in [0.2, 0.25) is 0 Å². The molecule has 0 rings (SSSR count). The number of halogens is 1. The fourth-order valence-corrected chi connectivity index (χ4v) is 0.649. The number of hydrogen-bond donors (Lipinski definition) is 5. The van der Waals surface area contributed by atoms with Crippen LogP contribution in [0.25, 0.3) is 0 Å². The molecule has 0 aromatic heterocycles. The lowest BCUT2D eigenvalue weighted by Gasteiger charge is -2.22. The van der Waals surface area contributed by atoms with Crippen LogP contribution in [0.15, 0.2) is 0 Å². The molecule has 0 radical (unpaired) electrons. The van der Waals surface area contributed by atoms with Crippen molar-refractivity contribution < 1.29 is 29.9 Å². The number of rotatable bonds is 5. The monoisotopic (exact) mass is 184 g/mol. The van der Waals surface area contributed by atoms with E-state index in [9.17, 15) is 4.39 Å². The van der Waals surface area contributed by atoms with Gasteiger partial charge in [-0.3, -0.25) is 0 Å². The minimum atomic E-state index is -2.17. The largest absolute Gasteiger partial charge is 0.394 e. The molecule has 5 nitrogen and oxygen atoms in total. The molecule has 12 heavy (non-hydrogen) atoms. The highest BCUT2D eigenvalue weighted by molar-refractivity contribution is 4.80. The van der Waals surface area contributed by atoms with Gasteiger partial charge in [-0.1, -0.05) is 0 Å². The van der Waals surface area contributed by atoms with Gasteiger partial charge in [-0.05, 0) is 0 Å². The maximum Gasteiger partial charge on any atom is 0.156 e. The molecule has 0 aliphatic rings. The predicted octanol–water partition coefficient (Wildman–Crippen LogP) is -2.61. The van der Waals surface area contributed by atoms with Crippen molar-refractivity contribution in [1.82, 2.24) is 0 Å². The average Bonchev–Trinajstić information content (AvgIpc) is 2.12. The van der Waals surface area contributed by atoms with Crippen LogP contribution in [0, 0.1) is 0 Å². The van der Waals surface area contributed by atoms with Crippen molar-refractivity contribution >= 4 is 0 Å². The van der Waals surface area contributed by atoms with Crippen molar-refractivity contribution in [3.63, 3.8) is 0 Å². The summed E-state index contributed by atoms with van der Waals surface area (Å²) in [4.78, 5) is 0. The van der Waals surface area contributed by atoms with Crippen molar-refractivity contribution in [2.24, 2.45) is 0 Å². The lowest BCUT2D eigenvalue weighted by molar-refractivity contribution is -0.0935. The molecule has 0 amide bonds. The van der Waals surface area contributed by atoms with Crippen LogP contribution >= 0.6 is 0 Å². The summed E-state index contributed by atoms with van der Waals surface area (Å²) < 4.78 is 12.7. The fraction of sp³-hybridized carbons (Fsp3) is 1.00. The van der Waals surface area contributed by atoms with E-state index in [-0.39, 0.29) is 0 Å². The first-order valence-corrected chi connectivity index (χ1v) is 3.44. The second-order valence-electron chi connectivity index (χ2n) is 2.43. The molecular formula is C6H13FO5. The molecule has 74 valence electrons. The first-order valence-electron chi connectivity index (χ1n) is 3.44. The molecule has 0 bridgehead atoms. The Balaban J connectivity index is 3.99. The van der Waals surface area contributed by atoms with E-state index in [1.807, 2.05) is 0 Å². The van der Waals surface area contributed by atoms with Gasteiger partial charge in [0.2, 0.25) is 0 Å². The number of aliphatic hydroxyl groups is 5. The molecular weight excluding hydrogens is 171 g/mol. The zero-order chi connectivity index (χ0) is 9.72. The molecule has 0 aliphatic carbocycles. The van der Waals surface area contributed by atoms with Gasteiger partial charge in [0.1, 0.15) is 18.3 Å². The van der Waals surface area contributed by atoms with Gasteiger partial charge in [0.15, 0.2) is 6.17 Å². The summed E-state index contributed by atoms with van der Waals surface area (Å²) in [6, 6.07) is 0. The Hall–Kier alpha value is -0.270. The zero-order valence-electron chi connectivity index (χ0n) is 6.34. The van der Waals surface area contributed by atoms with Crippen LogP contribution in [-0.4, -0.2) is 63.2 Å². The lowest BCUT2D eigenvalue weighted by atomic mass is 10.1. The first-order chi connectivity index (χ1) is 5.54. The summed E-state index contributed by atoms with van der Waals surface area (Å²) in [5.41, 5.74) is 0. The van der Waals surface area contributed by atoms with E-state index in [2.05, 4.69) is 0 Å². The van der Waals surface area contributed by atoms with Gasteiger partial charge in [0.05, 0.1) is 13.2 Å². The maximum atomic E-state index is 12.7.